The van der Waals surface area contributed by atoms with Crippen molar-refractivity contribution in [3.8, 4) is 16.9 Å². The Kier molecular flexibility index (Phi) is 8.83. The van der Waals surface area contributed by atoms with Gasteiger partial charge in [-0.05, 0) is 51.5 Å². The molecular formula is C27H29ClFN3O5. The van der Waals surface area contributed by atoms with Gasteiger partial charge in [-0.15, -0.1) is 0 Å². The van der Waals surface area contributed by atoms with Gasteiger partial charge in [0.25, 0.3) is 5.56 Å². The highest BCUT2D eigenvalue weighted by Crippen LogP contribution is 2.34. The van der Waals surface area contributed by atoms with Crippen LogP contribution in [0.4, 0.5) is 10.1 Å². The molecule has 0 aliphatic heterocycles. The van der Waals surface area contributed by atoms with E-state index >= 15 is 0 Å². The molecule has 2 heterocycles. The lowest BCUT2D eigenvalue weighted by Gasteiger charge is -2.24. The maximum Gasteiger partial charge on any atom is 0.252 e. The summed E-state index contributed by atoms with van der Waals surface area (Å²) in [5.74, 6) is -1.13. The predicted octanol–water partition coefficient (Wildman–Crippen LogP) is 5.30. The van der Waals surface area contributed by atoms with Gasteiger partial charge in [0.1, 0.15) is 17.6 Å². The Balaban J connectivity index is 2.08. The van der Waals surface area contributed by atoms with Gasteiger partial charge in [0.15, 0.2) is 5.78 Å². The quantitative estimate of drug-likeness (QED) is 0.378. The van der Waals surface area contributed by atoms with Crippen LogP contribution in [0.25, 0.3) is 11.1 Å². The Hall–Kier alpha value is -3.56. The van der Waals surface area contributed by atoms with Gasteiger partial charge in [0, 0.05) is 41.3 Å². The summed E-state index contributed by atoms with van der Waals surface area (Å²) in [7, 11) is 1.42. The van der Waals surface area contributed by atoms with Crippen LogP contribution in [0.1, 0.15) is 50.5 Å². The van der Waals surface area contributed by atoms with Crippen LogP contribution < -0.4 is 15.6 Å². The van der Waals surface area contributed by atoms with E-state index in [4.69, 9.17) is 21.1 Å². The average Bonchev–Trinajstić information content (AvgIpc) is 2.81. The standard InChI is InChI=1S/C27H29ClFN3O5/c1-16(33)20-7-6-17(28)10-21(20)22-12-25(34)32(15-24(22)36-5)23(8-9-37-27(2,3)4)26(35)31-19-11-18(29)13-30-14-19/h6-7,10-15,23H,8-9H2,1-5H3,(H,31,35). The van der Waals surface area contributed by atoms with E-state index in [1.807, 2.05) is 20.8 Å². The Morgan fingerprint density at radius 1 is 1.16 bits per heavy atom. The van der Waals surface area contributed by atoms with Crippen molar-refractivity contribution in [2.75, 3.05) is 19.0 Å². The molecule has 3 rings (SSSR count). The Bertz CT molecular complexity index is 1370. The number of rotatable bonds is 9. The first kappa shape index (κ1) is 28.0. The number of ether oxygens (including phenoxy) is 2. The molecule has 2 aromatic heterocycles. The van der Waals surface area contributed by atoms with Crippen molar-refractivity contribution < 1.29 is 23.5 Å². The van der Waals surface area contributed by atoms with Crippen LogP contribution in [-0.4, -0.2) is 40.6 Å². The minimum absolute atomic E-state index is 0.143. The molecule has 0 saturated carbocycles. The van der Waals surface area contributed by atoms with E-state index in [1.54, 1.807) is 18.2 Å². The van der Waals surface area contributed by atoms with Gasteiger partial charge >= 0.3 is 0 Å². The zero-order valence-electron chi connectivity index (χ0n) is 21.3. The van der Waals surface area contributed by atoms with Crippen molar-refractivity contribution in [2.24, 2.45) is 0 Å². The Morgan fingerprint density at radius 3 is 2.51 bits per heavy atom. The summed E-state index contributed by atoms with van der Waals surface area (Å²) < 4.78 is 26.2. The fraction of sp³-hybridized carbons (Fsp3) is 0.333. The maximum atomic E-state index is 13.6. The molecule has 0 aliphatic carbocycles. The van der Waals surface area contributed by atoms with Gasteiger partial charge in [0.2, 0.25) is 5.91 Å². The second kappa shape index (κ2) is 11.7. The second-order valence-corrected chi connectivity index (χ2v) is 9.83. The van der Waals surface area contributed by atoms with Crippen molar-refractivity contribution in [1.82, 2.24) is 9.55 Å². The van der Waals surface area contributed by atoms with Crippen molar-refractivity contribution in [3.63, 3.8) is 0 Å². The average molecular weight is 530 g/mol. The first-order chi connectivity index (χ1) is 17.4. The number of hydrogen-bond acceptors (Lipinski definition) is 6. The van der Waals surface area contributed by atoms with Crippen LogP contribution in [-0.2, 0) is 9.53 Å². The number of nitrogens with one attached hydrogen (secondary N) is 1. The Morgan fingerprint density at radius 2 is 1.89 bits per heavy atom. The van der Waals surface area contributed by atoms with Gasteiger partial charge in [-0.2, -0.15) is 0 Å². The van der Waals surface area contributed by atoms with Crippen LogP contribution in [0.15, 0.2) is 53.7 Å². The van der Waals surface area contributed by atoms with Crippen molar-refractivity contribution >= 4 is 29.0 Å². The van der Waals surface area contributed by atoms with Gasteiger partial charge in [-0.25, -0.2) is 4.39 Å². The minimum atomic E-state index is -1.02. The third kappa shape index (κ3) is 7.24. The van der Waals surface area contributed by atoms with Crippen LogP contribution in [0, 0.1) is 5.82 Å². The number of methoxy groups -OCH3 is 1. The molecule has 0 spiro atoms. The molecule has 196 valence electrons. The van der Waals surface area contributed by atoms with Crippen LogP contribution in [0.3, 0.4) is 0 Å². The molecule has 1 N–H and O–H groups in total. The number of hydrogen-bond donors (Lipinski definition) is 1. The lowest BCUT2D eigenvalue weighted by molar-refractivity contribution is -0.120. The van der Waals surface area contributed by atoms with Gasteiger partial charge < -0.3 is 14.8 Å². The van der Waals surface area contributed by atoms with Crippen LogP contribution in [0.5, 0.6) is 5.75 Å². The molecular weight excluding hydrogens is 501 g/mol. The van der Waals surface area contributed by atoms with Gasteiger partial charge in [0.05, 0.1) is 37.0 Å². The molecule has 0 bridgehead atoms. The van der Waals surface area contributed by atoms with Crippen molar-refractivity contribution in [2.45, 2.75) is 45.8 Å². The molecule has 8 nitrogen and oxygen atoms in total. The van der Waals surface area contributed by atoms with Crippen molar-refractivity contribution in [3.05, 3.63) is 75.7 Å². The zero-order valence-corrected chi connectivity index (χ0v) is 22.1. The normalized spacial score (nSPS) is 12.2. The minimum Gasteiger partial charge on any atom is -0.495 e. The van der Waals surface area contributed by atoms with E-state index in [9.17, 15) is 18.8 Å². The lowest BCUT2D eigenvalue weighted by atomic mass is 9.97. The summed E-state index contributed by atoms with van der Waals surface area (Å²) in [4.78, 5) is 42.6. The smallest absolute Gasteiger partial charge is 0.252 e. The number of ketones is 1. The second-order valence-electron chi connectivity index (χ2n) is 9.39. The number of amides is 1. The van der Waals surface area contributed by atoms with E-state index in [-0.39, 0.29) is 30.2 Å². The highest BCUT2D eigenvalue weighted by atomic mass is 35.5. The van der Waals surface area contributed by atoms with E-state index in [1.165, 1.54) is 37.1 Å². The maximum absolute atomic E-state index is 13.6. The number of benzene rings is 1. The molecule has 1 unspecified atom stereocenters. The third-order valence-electron chi connectivity index (χ3n) is 5.45. The molecule has 0 aliphatic rings. The summed E-state index contributed by atoms with van der Waals surface area (Å²) in [6.45, 7) is 7.21. The van der Waals surface area contributed by atoms with Crippen LogP contribution in [0.2, 0.25) is 5.02 Å². The molecule has 1 atom stereocenters. The highest BCUT2D eigenvalue weighted by molar-refractivity contribution is 6.31. The number of pyridine rings is 2. The first-order valence-electron chi connectivity index (χ1n) is 11.6. The summed E-state index contributed by atoms with van der Waals surface area (Å²) >= 11 is 6.18. The zero-order chi connectivity index (χ0) is 27.3. The summed E-state index contributed by atoms with van der Waals surface area (Å²) in [5, 5.41) is 2.99. The molecule has 3 aromatic rings. The molecule has 1 aromatic carbocycles. The van der Waals surface area contributed by atoms with Crippen LogP contribution >= 0.6 is 11.6 Å². The number of nitrogens with zero attached hydrogens (tertiary/aromatic N) is 2. The number of Topliss-reactive ketones (excluding diaryl/α,β-unsaturated/α-hetero) is 1. The monoisotopic (exact) mass is 529 g/mol. The SMILES string of the molecule is COc1cn(C(CCOC(C)(C)C)C(=O)Nc2cncc(F)c2)c(=O)cc1-c1cc(Cl)ccc1C(C)=O. The lowest BCUT2D eigenvalue weighted by Crippen LogP contribution is -2.34. The highest BCUT2D eigenvalue weighted by Gasteiger charge is 2.25. The third-order valence-corrected chi connectivity index (χ3v) is 5.69. The fourth-order valence-corrected chi connectivity index (χ4v) is 3.94. The van der Waals surface area contributed by atoms with Gasteiger partial charge in [-0.3, -0.25) is 23.9 Å². The number of carbonyl (C=O) groups excluding carboxylic acids is 2. The topological polar surface area (TPSA) is 99.5 Å². The number of halogens is 2. The molecule has 37 heavy (non-hydrogen) atoms. The largest absolute Gasteiger partial charge is 0.495 e. The molecule has 0 saturated heterocycles. The van der Waals surface area contributed by atoms with Crippen molar-refractivity contribution in [1.29, 1.82) is 0 Å². The summed E-state index contributed by atoms with van der Waals surface area (Å²) in [6.07, 6.45) is 3.87. The van der Waals surface area contributed by atoms with E-state index < -0.39 is 28.9 Å². The predicted molar refractivity (Wildman–Crippen MR) is 140 cm³/mol. The van der Waals surface area contributed by atoms with E-state index in [0.29, 0.717) is 21.7 Å². The summed E-state index contributed by atoms with van der Waals surface area (Å²) in [5.41, 5.74) is 0.327. The number of aromatic nitrogens is 2. The summed E-state index contributed by atoms with van der Waals surface area (Å²) in [6, 6.07) is 6.16. The Labute approximate surface area is 219 Å². The number of anilines is 1. The molecule has 10 heteroatoms. The first-order valence-corrected chi connectivity index (χ1v) is 11.9. The fourth-order valence-electron chi connectivity index (χ4n) is 3.77. The van der Waals surface area contributed by atoms with E-state index in [2.05, 4.69) is 10.3 Å². The number of carbonyl (C=O) groups is 2. The van der Waals surface area contributed by atoms with E-state index in [0.717, 1.165) is 12.3 Å². The molecule has 0 radical (unpaired) electrons. The molecule has 0 fully saturated rings. The van der Waals surface area contributed by atoms with Gasteiger partial charge in [-0.1, -0.05) is 11.6 Å². The molecule has 1 amide bonds.